The summed E-state index contributed by atoms with van der Waals surface area (Å²) in [4.78, 5) is 25.9. The lowest BCUT2D eigenvalue weighted by Gasteiger charge is -2.18. The fourth-order valence-corrected chi connectivity index (χ4v) is 3.28. The molecule has 0 aliphatic heterocycles. The normalized spacial score (nSPS) is 10.9. The van der Waals surface area contributed by atoms with Crippen LogP contribution in [-0.2, 0) is 7.05 Å². The fourth-order valence-electron chi connectivity index (χ4n) is 3.28. The minimum absolute atomic E-state index is 0.121. The van der Waals surface area contributed by atoms with E-state index < -0.39 is 5.91 Å². The van der Waals surface area contributed by atoms with Crippen LogP contribution < -0.4 is 10.7 Å². The van der Waals surface area contributed by atoms with Crippen molar-refractivity contribution in [2.45, 2.75) is 6.92 Å². The van der Waals surface area contributed by atoms with Crippen molar-refractivity contribution in [1.82, 2.24) is 4.57 Å². The number of aromatic nitrogens is 1. The molecule has 1 amide bonds. The Bertz CT molecular complexity index is 1200. The number of pyridine rings is 1. The highest BCUT2D eigenvalue weighted by molar-refractivity contribution is 6.05. The molecule has 0 aliphatic rings. The molecule has 0 unspecified atom stereocenters. The van der Waals surface area contributed by atoms with Gasteiger partial charge in [0.25, 0.3) is 5.91 Å². The van der Waals surface area contributed by atoms with Crippen molar-refractivity contribution in [3.05, 3.63) is 88.5 Å². The highest BCUT2D eigenvalue weighted by Gasteiger charge is 2.20. The smallest absolute Gasteiger partial charge is 0.292 e. The van der Waals surface area contributed by atoms with Crippen LogP contribution in [0.5, 0.6) is 0 Å². The predicted octanol–water partition coefficient (Wildman–Crippen LogP) is 4.36. The Morgan fingerprint density at radius 3 is 2.59 bits per heavy atom. The number of anilines is 1. The maximum absolute atomic E-state index is 13.3. The number of fused-ring (bicyclic) bond motifs is 1. The maximum atomic E-state index is 13.3. The summed E-state index contributed by atoms with van der Waals surface area (Å²) in [6.07, 6.45) is 1.44. The van der Waals surface area contributed by atoms with Crippen molar-refractivity contribution < 1.29 is 9.21 Å². The number of amides is 1. The highest BCUT2D eigenvalue weighted by Crippen LogP contribution is 2.29. The van der Waals surface area contributed by atoms with E-state index in [1.807, 2.05) is 61.0 Å². The van der Waals surface area contributed by atoms with E-state index in [0.717, 1.165) is 16.6 Å². The predicted molar refractivity (Wildman–Crippen MR) is 106 cm³/mol. The largest absolute Gasteiger partial charge is 0.459 e. The molecule has 0 bridgehead atoms. The number of hydrogen-bond donors (Lipinski definition) is 1. The van der Waals surface area contributed by atoms with E-state index in [0.29, 0.717) is 16.8 Å². The third-order valence-electron chi connectivity index (χ3n) is 4.59. The van der Waals surface area contributed by atoms with Gasteiger partial charge >= 0.3 is 0 Å². The zero-order valence-corrected chi connectivity index (χ0v) is 15.0. The van der Waals surface area contributed by atoms with Crippen molar-refractivity contribution in [1.29, 1.82) is 0 Å². The van der Waals surface area contributed by atoms with Gasteiger partial charge in [-0.1, -0.05) is 42.0 Å². The van der Waals surface area contributed by atoms with Gasteiger partial charge in [-0.05, 0) is 36.8 Å². The number of rotatable bonds is 3. The Morgan fingerprint density at radius 1 is 1.04 bits per heavy atom. The van der Waals surface area contributed by atoms with Gasteiger partial charge < -0.3 is 14.3 Å². The molecule has 0 saturated carbocycles. The Morgan fingerprint density at radius 2 is 1.85 bits per heavy atom. The second-order valence-corrected chi connectivity index (χ2v) is 6.43. The Hall–Kier alpha value is -3.60. The van der Waals surface area contributed by atoms with Crippen LogP contribution in [0.25, 0.3) is 22.0 Å². The molecular formula is C22H18N2O3. The first kappa shape index (κ1) is 16.8. The number of carbonyl (C=O) groups is 1. The monoisotopic (exact) mass is 358 g/mol. The number of furan rings is 1. The van der Waals surface area contributed by atoms with Crippen LogP contribution in [-0.4, -0.2) is 10.5 Å². The van der Waals surface area contributed by atoms with Crippen LogP contribution in [0.3, 0.4) is 0 Å². The van der Waals surface area contributed by atoms with E-state index in [9.17, 15) is 9.59 Å². The van der Waals surface area contributed by atoms with Gasteiger partial charge in [-0.3, -0.25) is 9.59 Å². The third kappa shape index (κ3) is 2.93. The molecule has 2 aromatic heterocycles. The molecule has 27 heavy (non-hydrogen) atoms. The van der Waals surface area contributed by atoms with Crippen molar-refractivity contribution >= 4 is 22.6 Å². The summed E-state index contributed by atoms with van der Waals surface area (Å²) in [5.74, 6) is 0.218. The molecule has 0 atom stereocenters. The summed E-state index contributed by atoms with van der Waals surface area (Å²) < 4.78 is 7.02. The zero-order valence-electron chi connectivity index (χ0n) is 15.0. The minimum atomic E-state index is -0.404. The van der Waals surface area contributed by atoms with Gasteiger partial charge in [-0.2, -0.15) is 0 Å². The van der Waals surface area contributed by atoms with Crippen LogP contribution in [0.2, 0.25) is 0 Å². The van der Waals surface area contributed by atoms with Crippen molar-refractivity contribution in [3.8, 4) is 11.1 Å². The average Bonchev–Trinajstić information content (AvgIpc) is 3.21. The lowest BCUT2D eigenvalue weighted by Crippen LogP contribution is -2.21. The van der Waals surface area contributed by atoms with Gasteiger partial charge in [0.2, 0.25) is 0 Å². The standard InChI is InChI=1S/C22H18N2O3/c1-14-7-5-8-15(13-14)19-20(25)16-9-3-4-10-17(16)24(2)21(19)23-22(26)18-11-6-12-27-18/h3-13H,1-2H3,(H,23,26). The van der Waals surface area contributed by atoms with Crippen LogP contribution in [0.1, 0.15) is 16.1 Å². The molecule has 5 nitrogen and oxygen atoms in total. The second kappa shape index (κ2) is 6.61. The molecule has 134 valence electrons. The van der Waals surface area contributed by atoms with E-state index in [2.05, 4.69) is 5.32 Å². The van der Waals surface area contributed by atoms with Crippen LogP contribution in [0.15, 0.2) is 76.1 Å². The maximum Gasteiger partial charge on any atom is 0.292 e. The van der Waals surface area contributed by atoms with Crippen molar-refractivity contribution in [3.63, 3.8) is 0 Å². The molecule has 2 aromatic carbocycles. The Kier molecular flexibility index (Phi) is 4.12. The zero-order chi connectivity index (χ0) is 19.0. The number of hydrogen-bond acceptors (Lipinski definition) is 3. The number of nitrogens with one attached hydrogen (secondary N) is 1. The third-order valence-corrected chi connectivity index (χ3v) is 4.59. The summed E-state index contributed by atoms with van der Waals surface area (Å²) in [7, 11) is 1.83. The minimum Gasteiger partial charge on any atom is -0.459 e. The average molecular weight is 358 g/mol. The molecule has 0 radical (unpaired) electrons. The van der Waals surface area contributed by atoms with Crippen molar-refractivity contribution in [2.75, 3.05) is 5.32 Å². The number of nitrogens with zero attached hydrogens (tertiary/aromatic N) is 1. The van der Waals surface area contributed by atoms with Gasteiger partial charge in [0.05, 0.1) is 17.3 Å². The number of para-hydroxylation sites is 1. The highest BCUT2D eigenvalue weighted by atomic mass is 16.3. The summed E-state index contributed by atoms with van der Waals surface area (Å²) >= 11 is 0. The first-order valence-corrected chi connectivity index (χ1v) is 8.60. The van der Waals surface area contributed by atoms with Crippen LogP contribution in [0.4, 0.5) is 5.82 Å². The molecule has 0 aliphatic carbocycles. The van der Waals surface area contributed by atoms with Crippen LogP contribution >= 0.6 is 0 Å². The van der Waals surface area contributed by atoms with Crippen LogP contribution in [0, 0.1) is 6.92 Å². The fraction of sp³-hybridized carbons (Fsp3) is 0.0909. The molecule has 2 heterocycles. The molecule has 4 rings (SSSR count). The number of aryl methyl sites for hydroxylation is 2. The number of carbonyl (C=O) groups excluding carboxylic acids is 1. The molecular weight excluding hydrogens is 340 g/mol. The molecule has 1 N–H and O–H groups in total. The van der Waals surface area contributed by atoms with Crippen molar-refractivity contribution in [2.24, 2.45) is 7.05 Å². The topological polar surface area (TPSA) is 64.2 Å². The first-order chi connectivity index (χ1) is 13.1. The van der Waals surface area contributed by atoms with E-state index in [-0.39, 0.29) is 11.2 Å². The molecule has 0 spiro atoms. The second-order valence-electron chi connectivity index (χ2n) is 6.43. The summed E-state index contributed by atoms with van der Waals surface area (Å²) in [6, 6.07) is 18.3. The van der Waals surface area contributed by atoms with E-state index in [1.165, 1.54) is 6.26 Å². The van der Waals surface area contributed by atoms with Gasteiger partial charge in [-0.25, -0.2) is 0 Å². The van der Waals surface area contributed by atoms with E-state index in [4.69, 9.17) is 4.42 Å². The Labute approximate surface area is 155 Å². The summed E-state index contributed by atoms with van der Waals surface area (Å²) in [5.41, 5.74) is 2.87. The molecule has 4 aromatic rings. The molecule has 0 fully saturated rings. The lowest BCUT2D eigenvalue weighted by molar-refractivity contribution is 0.0996. The van der Waals surface area contributed by atoms with Gasteiger partial charge in [0, 0.05) is 12.4 Å². The summed E-state index contributed by atoms with van der Waals surface area (Å²) in [5, 5.41) is 3.47. The van der Waals surface area contributed by atoms with E-state index >= 15 is 0 Å². The van der Waals surface area contributed by atoms with Gasteiger partial charge in [-0.15, -0.1) is 0 Å². The quantitative estimate of drug-likeness (QED) is 0.592. The first-order valence-electron chi connectivity index (χ1n) is 8.60. The summed E-state index contributed by atoms with van der Waals surface area (Å²) in [6.45, 7) is 1.97. The van der Waals surface area contributed by atoms with Gasteiger partial charge in [0.1, 0.15) is 5.82 Å². The molecule has 5 heteroatoms. The number of benzene rings is 2. The Balaban J connectivity index is 2.00. The lowest BCUT2D eigenvalue weighted by atomic mass is 10.0. The molecule has 0 saturated heterocycles. The van der Waals surface area contributed by atoms with Gasteiger partial charge in [0.15, 0.2) is 11.2 Å². The van der Waals surface area contributed by atoms with E-state index in [1.54, 1.807) is 18.2 Å². The SMILES string of the molecule is Cc1cccc(-c2c(NC(=O)c3ccco3)n(C)c3ccccc3c2=O)c1.